The maximum atomic E-state index is 12.9. The van der Waals surface area contributed by atoms with E-state index in [9.17, 15) is 4.79 Å². The van der Waals surface area contributed by atoms with Crippen LogP contribution in [0.5, 0.6) is 5.75 Å². The van der Waals surface area contributed by atoms with Crippen molar-refractivity contribution in [1.29, 1.82) is 0 Å². The Labute approximate surface area is 152 Å². The van der Waals surface area contributed by atoms with Crippen molar-refractivity contribution in [3.63, 3.8) is 0 Å². The number of hydrogen-bond donors (Lipinski definition) is 1. The lowest BCUT2D eigenvalue weighted by molar-refractivity contribution is 0.102. The van der Waals surface area contributed by atoms with E-state index in [1.165, 1.54) is 6.33 Å². The molecule has 0 aliphatic carbocycles. The molecule has 0 fully saturated rings. The van der Waals surface area contributed by atoms with Gasteiger partial charge in [-0.3, -0.25) is 9.48 Å². The smallest absolute Gasteiger partial charge is 0.260 e. The zero-order chi connectivity index (χ0) is 18.8. The van der Waals surface area contributed by atoms with Gasteiger partial charge in [0.1, 0.15) is 17.9 Å². The van der Waals surface area contributed by atoms with Crippen LogP contribution in [0.1, 0.15) is 27.4 Å². The number of rotatable bonds is 4. The third-order valence-electron chi connectivity index (χ3n) is 4.28. The Hall–Kier alpha value is -3.22. The number of anilines is 1. The van der Waals surface area contributed by atoms with Gasteiger partial charge in [0.05, 0.1) is 35.3 Å². The summed E-state index contributed by atoms with van der Waals surface area (Å²) in [7, 11) is 3.42. The predicted octanol–water partition coefficient (Wildman–Crippen LogP) is 3.06. The molecule has 3 rings (SSSR count). The summed E-state index contributed by atoms with van der Waals surface area (Å²) in [6.07, 6.45) is 1.45. The molecule has 2 aromatic heterocycles. The number of hydrogen-bond acceptors (Lipinski definition) is 5. The molecule has 3 aromatic rings. The minimum Gasteiger partial charge on any atom is -0.496 e. The second-order valence-electron chi connectivity index (χ2n) is 6.01. The van der Waals surface area contributed by atoms with Crippen LogP contribution in [0.25, 0.3) is 11.1 Å². The molecule has 1 aromatic carbocycles. The summed E-state index contributed by atoms with van der Waals surface area (Å²) >= 11 is 0. The van der Waals surface area contributed by atoms with E-state index in [-0.39, 0.29) is 5.91 Å². The van der Waals surface area contributed by atoms with Crippen LogP contribution in [0, 0.1) is 20.8 Å². The van der Waals surface area contributed by atoms with Crippen LogP contribution in [0.15, 0.2) is 30.6 Å². The van der Waals surface area contributed by atoms with Gasteiger partial charge in [-0.05, 0) is 26.8 Å². The van der Waals surface area contributed by atoms with Gasteiger partial charge in [0.25, 0.3) is 5.91 Å². The number of nitrogens with zero attached hydrogens (tertiary/aromatic N) is 4. The molecule has 0 saturated heterocycles. The highest BCUT2D eigenvalue weighted by atomic mass is 16.5. The number of benzene rings is 1. The van der Waals surface area contributed by atoms with E-state index in [2.05, 4.69) is 20.4 Å². The first-order valence-corrected chi connectivity index (χ1v) is 8.20. The van der Waals surface area contributed by atoms with Gasteiger partial charge in [-0.25, -0.2) is 9.97 Å². The minimum atomic E-state index is -0.264. The highest BCUT2D eigenvalue weighted by Gasteiger charge is 2.22. The lowest BCUT2D eigenvalue weighted by Crippen LogP contribution is -2.19. The molecule has 0 bridgehead atoms. The summed E-state index contributed by atoms with van der Waals surface area (Å²) in [6, 6.07) is 7.66. The summed E-state index contributed by atoms with van der Waals surface area (Å²) in [6.45, 7) is 5.48. The van der Waals surface area contributed by atoms with Crippen molar-refractivity contribution in [3.05, 3.63) is 53.2 Å². The number of para-hydroxylation sites is 1. The van der Waals surface area contributed by atoms with Gasteiger partial charge in [0.15, 0.2) is 0 Å². The first kappa shape index (κ1) is 17.6. The van der Waals surface area contributed by atoms with Crippen molar-refractivity contribution in [2.75, 3.05) is 12.4 Å². The van der Waals surface area contributed by atoms with Crippen molar-refractivity contribution < 1.29 is 9.53 Å². The van der Waals surface area contributed by atoms with Crippen molar-refractivity contribution >= 4 is 11.7 Å². The molecule has 0 aliphatic rings. The molecule has 7 nitrogen and oxygen atoms in total. The highest BCUT2D eigenvalue weighted by molar-refractivity contribution is 6.07. The second kappa shape index (κ2) is 6.95. The van der Waals surface area contributed by atoms with E-state index in [1.807, 2.05) is 31.2 Å². The molecule has 0 aliphatic heterocycles. The fourth-order valence-corrected chi connectivity index (χ4v) is 3.07. The Morgan fingerprint density at radius 1 is 1.08 bits per heavy atom. The molecule has 0 unspecified atom stereocenters. The third kappa shape index (κ3) is 3.03. The monoisotopic (exact) mass is 351 g/mol. The van der Waals surface area contributed by atoms with Crippen molar-refractivity contribution in [1.82, 2.24) is 19.7 Å². The lowest BCUT2D eigenvalue weighted by atomic mass is 10.0. The van der Waals surface area contributed by atoms with Crippen LogP contribution in [0.3, 0.4) is 0 Å². The van der Waals surface area contributed by atoms with E-state index in [0.29, 0.717) is 22.8 Å². The standard InChI is InChI=1S/C19H21N5O2/c1-11-16(12(2)21-10-20-11)19(25)22-18-17(13(3)23-24(18)4)14-8-6-7-9-15(14)26-5/h6-10H,1-5H3,(H,22,25). The first-order valence-electron chi connectivity index (χ1n) is 8.20. The molecule has 2 heterocycles. The molecule has 26 heavy (non-hydrogen) atoms. The van der Waals surface area contributed by atoms with Crippen LogP contribution in [-0.2, 0) is 7.05 Å². The van der Waals surface area contributed by atoms with Crippen LogP contribution < -0.4 is 10.1 Å². The van der Waals surface area contributed by atoms with E-state index >= 15 is 0 Å². The Balaban J connectivity index is 2.08. The fraction of sp³-hybridized carbons (Fsp3) is 0.263. The molecule has 134 valence electrons. The van der Waals surface area contributed by atoms with E-state index in [4.69, 9.17) is 4.74 Å². The largest absolute Gasteiger partial charge is 0.496 e. The Kier molecular flexibility index (Phi) is 4.71. The van der Waals surface area contributed by atoms with E-state index in [1.54, 1.807) is 32.7 Å². The summed E-state index contributed by atoms with van der Waals surface area (Å²) in [5.41, 5.74) is 4.22. The quantitative estimate of drug-likeness (QED) is 0.781. The number of ether oxygens (including phenoxy) is 1. The highest BCUT2D eigenvalue weighted by Crippen LogP contribution is 2.37. The van der Waals surface area contributed by atoms with Gasteiger partial charge < -0.3 is 10.1 Å². The predicted molar refractivity (Wildman–Crippen MR) is 99.4 cm³/mol. The van der Waals surface area contributed by atoms with Crippen molar-refractivity contribution in [2.24, 2.45) is 7.05 Å². The van der Waals surface area contributed by atoms with Gasteiger partial charge in [0, 0.05) is 12.6 Å². The summed E-state index contributed by atoms with van der Waals surface area (Å²) < 4.78 is 7.13. The van der Waals surface area contributed by atoms with E-state index in [0.717, 1.165) is 22.6 Å². The first-order chi connectivity index (χ1) is 12.4. The van der Waals surface area contributed by atoms with E-state index < -0.39 is 0 Å². The Morgan fingerprint density at radius 3 is 2.38 bits per heavy atom. The molecule has 7 heteroatoms. The molecular formula is C19H21N5O2. The van der Waals surface area contributed by atoms with Gasteiger partial charge in [0.2, 0.25) is 0 Å². The fourth-order valence-electron chi connectivity index (χ4n) is 3.07. The lowest BCUT2D eigenvalue weighted by Gasteiger charge is -2.13. The number of aryl methyl sites for hydroxylation is 4. The van der Waals surface area contributed by atoms with Crippen LogP contribution in [0.4, 0.5) is 5.82 Å². The van der Waals surface area contributed by atoms with Gasteiger partial charge in [-0.15, -0.1) is 0 Å². The van der Waals surface area contributed by atoms with Crippen molar-refractivity contribution in [2.45, 2.75) is 20.8 Å². The number of amides is 1. The second-order valence-corrected chi connectivity index (χ2v) is 6.01. The summed E-state index contributed by atoms with van der Waals surface area (Å²) in [4.78, 5) is 21.1. The van der Waals surface area contributed by atoms with Gasteiger partial charge in [-0.2, -0.15) is 5.10 Å². The number of aromatic nitrogens is 4. The maximum Gasteiger partial charge on any atom is 0.260 e. The molecule has 1 amide bonds. The third-order valence-corrected chi connectivity index (χ3v) is 4.28. The normalized spacial score (nSPS) is 10.7. The zero-order valence-electron chi connectivity index (χ0n) is 15.5. The SMILES string of the molecule is COc1ccccc1-c1c(C)nn(C)c1NC(=O)c1c(C)ncnc1C. The molecule has 0 atom stereocenters. The zero-order valence-corrected chi connectivity index (χ0v) is 15.5. The minimum absolute atomic E-state index is 0.264. The topological polar surface area (TPSA) is 81.9 Å². The van der Waals surface area contributed by atoms with Crippen LogP contribution >= 0.6 is 0 Å². The molecule has 0 radical (unpaired) electrons. The number of methoxy groups -OCH3 is 1. The summed E-state index contributed by atoms with van der Waals surface area (Å²) in [5.74, 6) is 1.05. The average molecular weight is 351 g/mol. The number of carbonyl (C=O) groups excluding carboxylic acids is 1. The molecule has 1 N–H and O–H groups in total. The van der Waals surface area contributed by atoms with Crippen LogP contribution in [0.2, 0.25) is 0 Å². The number of nitrogens with one attached hydrogen (secondary N) is 1. The molecule has 0 saturated carbocycles. The average Bonchev–Trinajstić information content (AvgIpc) is 2.88. The van der Waals surface area contributed by atoms with Crippen LogP contribution in [-0.4, -0.2) is 32.8 Å². The summed E-state index contributed by atoms with van der Waals surface area (Å²) in [5, 5.41) is 7.44. The van der Waals surface area contributed by atoms with Gasteiger partial charge in [-0.1, -0.05) is 18.2 Å². The Bertz CT molecular complexity index is 958. The number of carbonyl (C=O) groups is 1. The van der Waals surface area contributed by atoms with Gasteiger partial charge >= 0.3 is 0 Å². The van der Waals surface area contributed by atoms with Crippen molar-refractivity contribution in [3.8, 4) is 16.9 Å². The molecular weight excluding hydrogens is 330 g/mol. The maximum absolute atomic E-state index is 12.9. The Morgan fingerprint density at radius 2 is 1.73 bits per heavy atom. The molecule has 0 spiro atoms.